The van der Waals surface area contributed by atoms with Crippen molar-refractivity contribution in [2.75, 3.05) is 5.73 Å². The molecule has 1 aliphatic rings. The standard InChI is InChI=1S/C15H21N5OS/c1-9-7-13(16)20(19-9)8-14(21)17-10(2)15-18-11-5-3-4-6-12(11)22-15/h7,10H,3-6,8,16H2,1-2H3,(H,17,21). The van der Waals surface area contributed by atoms with Crippen LogP contribution in [0.5, 0.6) is 0 Å². The van der Waals surface area contributed by atoms with Crippen molar-refractivity contribution in [1.82, 2.24) is 20.1 Å². The summed E-state index contributed by atoms with van der Waals surface area (Å²) < 4.78 is 1.52. The SMILES string of the molecule is Cc1cc(N)n(CC(=O)NC(C)c2nc3c(s2)CCCC3)n1. The van der Waals surface area contributed by atoms with E-state index in [1.54, 1.807) is 17.4 Å². The normalized spacial score (nSPS) is 15.4. The molecule has 1 amide bonds. The lowest BCUT2D eigenvalue weighted by atomic mass is 10.0. The smallest absolute Gasteiger partial charge is 0.242 e. The van der Waals surface area contributed by atoms with Gasteiger partial charge in [0.2, 0.25) is 5.91 Å². The average Bonchev–Trinajstić information content (AvgIpc) is 3.02. The molecule has 0 radical (unpaired) electrons. The number of nitrogens with zero attached hydrogens (tertiary/aromatic N) is 3. The summed E-state index contributed by atoms with van der Waals surface area (Å²) in [6.45, 7) is 3.96. The van der Waals surface area contributed by atoms with Crippen LogP contribution in [0.2, 0.25) is 0 Å². The minimum absolute atomic E-state index is 0.0824. The van der Waals surface area contributed by atoms with Crippen LogP contribution in [0, 0.1) is 6.92 Å². The quantitative estimate of drug-likeness (QED) is 0.902. The van der Waals surface area contributed by atoms with Crippen molar-refractivity contribution in [2.24, 2.45) is 0 Å². The highest BCUT2D eigenvalue weighted by atomic mass is 32.1. The first-order chi connectivity index (χ1) is 10.5. The number of amides is 1. The maximum Gasteiger partial charge on any atom is 0.242 e. The molecule has 7 heteroatoms. The Morgan fingerprint density at radius 3 is 2.95 bits per heavy atom. The Morgan fingerprint density at radius 1 is 1.50 bits per heavy atom. The number of anilines is 1. The third kappa shape index (κ3) is 3.14. The second-order valence-corrected chi connectivity index (χ2v) is 6.90. The van der Waals surface area contributed by atoms with E-state index in [0.29, 0.717) is 5.82 Å². The number of hydrogen-bond acceptors (Lipinski definition) is 5. The molecule has 3 rings (SSSR count). The van der Waals surface area contributed by atoms with Crippen LogP contribution in [-0.2, 0) is 24.2 Å². The summed E-state index contributed by atoms with van der Waals surface area (Å²) in [5.74, 6) is 0.403. The van der Waals surface area contributed by atoms with Crippen molar-refractivity contribution in [3.05, 3.63) is 27.3 Å². The largest absolute Gasteiger partial charge is 0.384 e. The summed E-state index contributed by atoms with van der Waals surface area (Å²) >= 11 is 1.73. The number of carbonyl (C=O) groups is 1. The van der Waals surface area contributed by atoms with Gasteiger partial charge in [-0.05, 0) is 39.5 Å². The monoisotopic (exact) mass is 319 g/mol. The fourth-order valence-corrected chi connectivity index (χ4v) is 3.89. The molecule has 0 saturated heterocycles. The van der Waals surface area contributed by atoms with Crippen LogP contribution in [0.25, 0.3) is 0 Å². The molecular weight excluding hydrogens is 298 g/mol. The van der Waals surface area contributed by atoms with Crippen molar-refractivity contribution in [1.29, 1.82) is 0 Å². The summed E-state index contributed by atoms with van der Waals surface area (Å²) in [6, 6.07) is 1.67. The van der Waals surface area contributed by atoms with Gasteiger partial charge in [0.25, 0.3) is 0 Å². The summed E-state index contributed by atoms with van der Waals surface area (Å²) in [7, 11) is 0. The number of nitrogens with one attached hydrogen (secondary N) is 1. The van der Waals surface area contributed by atoms with E-state index >= 15 is 0 Å². The Hall–Kier alpha value is -1.89. The Kier molecular flexibility index (Phi) is 4.15. The van der Waals surface area contributed by atoms with Crippen molar-refractivity contribution < 1.29 is 4.79 Å². The zero-order chi connectivity index (χ0) is 15.7. The molecule has 2 aromatic rings. The molecule has 2 aromatic heterocycles. The molecule has 0 aliphatic heterocycles. The molecule has 1 unspecified atom stereocenters. The van der Waals surface area contributed by atoms with E-state index in [4.69, 9.17) is 5.73 Å². The van der Waals surface area contributed by atoms with Gasteiger partial charge < -0.3 is 11.1 Å². The summed E-state index contributed by atoms with van der Waals surface area (Å²) in [5.41, 5.74) is 7.84. The molecule has 0 fully saturated rings. The second-order valence-electron chi connectivity index (χ2n) is 5.79. The van der Waals surface area contributed by atoms with Gasteiger partial charge in [-0.25, -0.2) is 9.67 Å². The van der Waals surface area contributed by atoms with Gasteiger partial charge in [0, 0.05) is 10.9 Å². The zero-order valence-corrected chi connectivity index (χ0v) is 13.7. The molecular formula is C15H21N5OS. The Bertz CT molecular complexity index is 667. The van der Waals surface area contributed by atoms with Gasteiger partial charge >= 0.3 is 0 Å². The first kappa shape index (κ1) is 15.0. The maximum absolute atomic E-state index is 12.2. The molecule has 6 nitrogen and oxygen atoms in total. The molecule has 0 aromatic carbocycles. The van der Waals surface area contributed by atoms with Crippen molar-refractivity contribution >= 4 is 23.1 Å². The topological polar surface area (TPSA) is 85.8 Å². The molecule has 22 heavy (non-hydrogen) atoms. The number of rotatable bonds is 4. The van der Waals surface area contributed by atoms with Gasteiger partial charge in [-0.3, -0.25) is 4.79 Å². The van der Waals surface area contributed by atoms with Gasteiger partial charge in [-0.1, -0.05) is 0 Å². The molecule has 0 saturated carbocycles. The third-order valence-corrected chi connectivity index (χ3v) is 5.18. The van der Waals surface area contributed by atoms with Crippen LogP contribution in [0.4, 0.5) is 5.82 Å². The van der Waals surface area contributed by atoms with Crippen LogP contribution >= 0.6 is 11.3 Å². The highest BCUT2D eigenvalue weighted by Gasteiger charge is 2.20. The molecule has 2 heterocycles. The molecule has 0 bridgehead atoms. The van der Waals surface area contributed by atoms with Gasteiger partial charge in [0.1, 0.15) is 17.4 Å². The van der Waals surface area contributed by atoms with E-state index in [1.807, 2.05) is 13.8 Å². The molecule has 1 atom stereocenters. The highest BCUT2D eigenvalue weighted by Crippen LogP contribution is 2.29. The van der Waals surface area contributed by atoms with E-state index in [1.165, 1.54) is 28.1 Å². The van der Waals surface area contributed by atoms with Gasteiger partial charge in [0.05, 0.1) is 17.4 Å². The predicted molar refractivity (Wildman–Crippen MR) is 86.7 cm³/mol. The number of nitrogens with two attached hydrogens (primary N) is 1. The molecule has 0 spiro atoms. The van der Waals surface area contributed by atoms with E-state index in [2.05, 4.69) is 15.4 Å². The molecule has 118 valence electrons. The predicted octanol–water partition coefficient (Wildman–Crippen LogP) is 1.99. The number of thiazole rings is 1. The van der Waals surface area contributed by atoms with Crippen molar-refractivity contribution in [2.45, 2.75) is 52.1 Å². The number of aromatic nitrogens is 3. The first-order valence-corrected chi connectivity index (χ1v) is 8.42. The number of nitrogen functional groups attached to an aromatic ring is 1. The van der Waals surface area contributed by atoms with Crippen molar-refractivity contribution in [3.8, 4) is 0 Å². The number of fused-ring (bicyclic) bond motifs is 1. The van der Waals surface area contributed by atoms with Crippen LogP contribution in [-0.4, -0.2) is 20.7 Å². The first-order valence-electron chi connectivity index (χ1n) is 7.60. The van der Waals surface area contributed by atoms with Gasteiger partial charge in [-0.15, -0.1) is 11.3 Å². The summed E-state index contributed by atoms with van der Waals surface area (Å²) in [6.07, 6.45) is 4.65. The molecule has 3 N–H and O–H groups in total. The Morgan fingerprint density at radius 2 is 2.27 bits per heavy atom. The number of aryl methyl sites for hydroxylation is 3. The minimum atomic E-state index is -0.101. The maximum atomic E-state index is 12.2. The zero-order valence-electron chi connectivity index (χ0n) is 12.9. The van der Waals surface area contributed by atoms with E-state index in [0.717, 1.165) is 23.5 Å². The third-order valence-electron chi connectivity index (χ3n) is 3.84. The number of carbonyl (C=O) groups excluding carboxylic acids is 1. The fraction of sp³-hybridized carbons (Fsp3) is 0.533. The van der Waals surface area contributed by atoms with Crippen molar-refractivity contribution in [3.63, 3.8) is 0 Å². The van der Waals surface area contributed by atoms with Crippen LogP contribution in [0.1, 0.15) is 47.1 Å². The van der Waals surface area contributed by atoms with E-state index in [9.17, 15) is 4.79 Å². The summed E-state index contributed by atoms with van der Waals surface area (Å²) in [4.78, 5) is 18.2. The van der Waals surface area contributed by atoms with Crippen LogP contribution in [0.3, 0.4) is 0 Å². The second kappa shape index (κ2) is 6.08. The fourth-order valence-electron chi connectivity index (χ4n) is 2.73. The van der Waals surface area contributed by atoms with E-state index < -0.39 is 0 Å². The average molecular weight is 319 g/mol. The van der Waals surface area contributed by atoms with Gasteiger partial charge in [-0.2, -0.15) is 5.10 Å². The lowest BCUT2D eigenvalue weighted by Gasteiger charge is -2.11. The van der Waals surface area contributed by atoms with Crippen LogP contribution in [0.15, 0.2) is 6.07 Å². The lowest BCUT2D eigenvalue weighted by molar-refractivity contribution is -0.122. The van der Waals surface area contributed by atoms with E-state index in [-0.39, 0.29) is 18.5 Å². The molecule has 1 aliphatic carbocycles. The summed E-state index contributed by atoms with van der Waals surface area (Å²) in [5, 5.41) is 8.17. The number of hydrogen-bond donors (Lipinski definition) is 2. The van der Waals surface area contributed by atoms with Crippen LogP contribution < -0.4 is 11.1 Å². The Balaban J connectivity index is 1.63. The Labute approximate surface area is 133 Å². The highest BCUT2D eigenvalue weighted by molar-refractivity contribution is 7.11. The minimum Gasteiger partial charge on any atom is -0.384 e. The lowest BCUT2D eigenvalue weighted by Crippen LogP contribution is -2.30. The van der Waals surface area contributed by atoms with Gasteiger partial charge in [0.15, 0.2) is 0 Å².